The zero-order chi connectivity index (χ0) is 10.8. The second kappa shape index (κ2) is 4.03. The van der Waals surface area contributed by atoms with E-state index in [2.05, 4.69) is 0 Å². The van der Waals surface area contributed by atoms with Crippen molar-refractivity contribution in [2.24, 2.45) is 0 Å². The molecule has 15 heavy (non-hydrogen) atoms. The number of halogens is 1. The van der Waals surface area contributed by atoms with Crippen LogP contribution < -0.4 is 4.90 Å². The lowest BCUT2D eigenvalue weighted by molar-refractivity contribution is -0.130. The van der Waals surface area contributed by atoms with Gasteiger partial charge in [0.15, 0.2) is 6.29 Å². The Kier molecular flexibility index (Phi) is 2.73. The summed E-state index contributed by atoms with van der Waals surface area (Å²) in [5, 5.41) is 0. The third-order valence-corrected chi connectivity index (χ3v) is 2.95. The SMILES string of the molecule is O=CC(=O)C1CN(CCl)c2ccccc21. The molecule has 0 radical (unpaired) electrons. The molecule has 2 rings (SSSR count). The first kappa shape index (κ1) is 10.2. The van der Waals surface area contributed by atoms with Crippen molar-refractivity contribution in [1.82, 2.24) is 0 Å². The van der Waals surface area contributed by atoms with Crippen molar-refractivity contribution in [3.05, 3.63) is 29.8 Å². The summed E-state index contributed by atoms with van der Waals surface area (Å²) in [5.74, 6) is -0.729. The number of anilines is 1. The largest absolute Gasteiger partial charge is 0.356 e. The molecule has 1 aromatic carbocycles. The van der Waals surface area contributed by atoms with Crippen LogP contribution in [0.5, 0.6) is 0 Å². The van der Waals surface area contributed by atoms with Gasteiger partial charge in [-0.25, -0.2) is 0 Å². The summed E-state index contributed by atoms with van der Waals surface area (Å²) < 4.78 is 0. The Balaban J connectivity index is 2.41. The van der Waals surface area contributed by atoms with E-state index in [9.17, 15) is 9.59 Å². The minimum atomic E-state index is -0.380. The van der Waals surface area contributed by atoms with Crippen molar-refractivity contribution in [3.63, 3.8) is 0 Å². The molecule has 0 fully saturated rings. The molecule has 0 amide bonds. The van der Waals surface area contributed by atoms with Gasteiger partial charge in [0.2, 0.25) is 5.78 Å². The minimum Gasteiger partial charge on any atom is -0.356 e. The molecule has 0 bridgehead atoms. The van der Waals surface area contributed by atoms with Gasteiger partial charge in [-0.2, -0.15) is 0 Å². The van der Waals surface area contributed by atoms with Gasteiger partial charge in [-0.1, -0.05) is 18.2 Å². The van der Waals surface area contributed by atoms with Gasteiger partial charge >= 0.3 is 0 Å². The highest BCUT2D eigenvalue weighted by Crippen LogP contribution is 2.36. The van der Waals surface area contributed by atoms with Gasteiger partial charge in [0.1, 0.15) is 0 Å². The molecular weight excluding hydrogens is 214 g/mol. The number of aldehydes is 1. The van der Waals surface area contributed by atoms with E-state index in [-0.39, 0.29) is 11.7 Å². The van der Waals surface area contributed by atoms with Gasteiger partial charge < -0.3 is 4.90 Å². The summed E-state index contributed by atoms with van der Waals surface area (Å²) in [6.07, 6.45) is 0.388. The fraction of sp³-hybridized carbons (Fsp3) is 0.273. The number of hydrogen-bond acceptors (Lipinski definition) is 3. The predicted octanol–water partition coefficient (Wildman–Crippen LogP) is 1.55. The summed E-state index contributed by atoms with van der Waals surface area (Å²) in [6.45, 7) is 0.500. The van der Waals surface area contributed by atoms with Gasteiger partial charge in [0.25, 0.3) is 0 Å². The Morgan fingerprint density at radius 1 is 1.53 bits per heavy atom. The molecule has 1 aliphatic rings. The van der Waals surface area contributed by atoms with Crippen molar-refractivity contribution in [2.75, 3.05) is 17.4 Å². The van der Waals surface area contributed by atoms with Crippen LogP contribution in [0.2, 0.25) is 0 Å². The van der Waals surface area contributed by atoms with Crippen molar-refractivity contribution < 1.29 is 9.59 Å². The smallest absolute Gasteiger partial charge is 0.204 e. The number of hydrogen-bond donors (Lipinski definition) is 0. The number of carbonyl (C=O) groups excluding carboxylic acids is 2. The maximum absolute atomic E-state index is 11.4. The molecule has 1 aliphatic heterocycles. The molecule has 3 nitrogen and oxygen atoms in total. The Bertz CT molecular complexity index is 405. The number of rotatable bonds is 3. The van der Waals surface area contributed by atoms with E-state index < -0.39 is 0 Å². The number of benzene rings is 1. The van der Waals surface area contributed by atoms with E-state index in [4.69, 9.17) is 11.6 Å². The van der Waals surface area contributed by atoms with Crippen molar-refractivity contribution in [2.45, 2.75) is 5.92 Å². The molecule has 0 saturated carbocycles. The number of Topliss-reactive ketones (excluding diaryl/α,β-unsaturated/α-hetero) is 1. The van der Waals surface area contributed by atoms with E-state index in [1.807, 2.05) is 29.2 Å². The average molecular weight is 224 g/mol. The second-order valence-corrected chi connectivity index (χ2v) is 3.71. The second-order valence-electron chi connectivity index (χ2n) is 3.47. The van der Waals surface area contributed by atoms with Gasteiger partial charge in [0, 0.05) is 12.2 Å². The monoisotopic (exact) mass is 223 g/mol. The highest BCUT2D eigenvalue weighted by molar-refractivity contribution is 6.28. The fourth-order valence-electron chi connectivity index (χ4n) is 1.93. The highest BCUT2D eigenvalue weighted by Gasteiger charge is 2.32. The van der Waals surface area contributed by atoms with E-state index >= 15 is 0 Å². The summed E-state index contributed by atoms with van der Waals surface area (Å²) in [5.41, 5.74) is 1.85. The first-order chi connectivity index (χ1) is 7.27. The standard InChI is InChI=1S/C11H10ClNO2/c12-7-13-5-9(11(15)6-14)8-3-1-2-4-10(8)13/h1-4,6,9H,5,7H2. The lowest BCUT2D eigenvalue weighted by Crippen LogP contribution is -2.23. The molecule has 78 valence electrons. The normalized spacial score (nSPS) is 18.7. The number of carbonyl (C=O) groups is 2. The molecule has 0 aliphatic carbocycles. The Morgan fingerprint density at radius 3 is 2.93 bits per heavy atom. The third-order valence-electron chi connectivity index (χ3n) is 2.66. The Hall–Kier alpha value is -1.35. The maximum atomic E-state index is 11.4. The molecule has 0 spiro atoms. The van der Waals surface area contributed by atoms with Gasteiger partial charge in [0.05, 0.1) is 11.9 Å². The van der Waals surface area contributed by atoms with E-state index in [0.717, 1.165) is 11.3 Å². The van der Waals surface area contributed by atoms with Crippen molar-refractivity contribution in [1.29, 1.82) is 0 Å². The molecule has 4 heteroatoms. The summed E-state index contributed by atoms with van der Waals surface area (Å²) in [4.78, 5) is 23.8. The van der Waals surface area contributed by atoms with Crippen LogP contribution in [0.4, 0.5) is 5.69 Å². The predicted molar refractivity (Wildman–Crippen MR) is 58.3 cm³/mol. The average Bonchev–Trinajstić information content (AvgIpc) is 2.67. The minimum absolute atomic E-state index is 0.333. The number of ketones is 1. The van der Waals surface area contributed by atoms with Crippen LogP contribution in [-0.2, 0) is 9.59 Å². The lowest BCUT2D eigenvalue weighted by atomic mass is 9.98. The van der Waals surface area contributed by atoms with Gasteiger partial charge in [-0.15, -0.1) is 11.6 Å². The maximum Gasteiger partial charge on any atom is 0.204 e. The quantitative estimate of drug-likeness (QED) is 0.338. The number of fused-ring (bicyclic) bond motifs is 1. The molecule has 0 aromatic heterocycles. The lowest BCUT2D eigenvalue weighted by Gasteiger charge is -2.14. The number of nitrogens with zero attached hydrogens (tertiary/aromatic N) is 1. The van der Waals surface area contributed by atoms with Gasteiger partial charge in [-0.05, 0) is 11.6 Å². The van der Waals surface area contributed by atoms with Crippen LogP contribution in [0.15, 0.2) is 24.3 Å². The molecule has 1 heterocycles. The third kappa shape index (κ3) is 1.63. The molecule has 1 unspecified atom stereocenters. The van der Waals surface area contributed by atoms with Crippen LogP contribution in [0.1, 0.15) is 11.5 Å². The summed E-state index contributed by atoms with van der Waals surface area (Å²) in [7, 11) is 0. The summed E-state index contributed by atoms with van der Waals surface area (Å²) >= 11 is 5.78. The molecule has 0 N–H and O–H groups in total. The first-order valence-electron chi connectivity index (χ1n) is 4.66. The van der Waals surface area contributed by atoms with Crippen LogP contribution in [0.3, 0.4) is 0 Å². The fourth-order valence-corrected chi connectivity index (χ4v) is 2.15. The van der Waals surface area contributed by atoms with Crippen molar-refractivity contribution in [3.8, 4) is 0 Å². The van der Waals surface area contributed by atoms with E-state index in [0.29, 0.717) is 18.8 Å². The van der Waals surface area contributed by atoms with E-state index in [1.165, 1.54) is 0 Å². The molecule has 1 aromatic rings. The van der Waals surface area contributed by atoms with Gasteiger partial charge in [-0.3, -0.25) is 9.59 Å². The van der Waals surface area contributed by atoms with E-state index in [1.54, 1.807) is 0 Å². The number of alkyl halides is 1. The molecule has 1 atom stereocenters. The van der Waals surface area contributed by atoms with Crippen molar-refractivity contribution >= 4 is 29.4 Å². The van der Waals surface area contributed by atoms with Crippen LogP contribution in [-0.4, -0.2) is 24.6 Å². The highest BCUT2D eigenvalue weighted by atomic mass is 35.5. The Labute approximate surface area is 92.6 Å². The molecule has 0 saturated heterocycles. The molecular formula is C11H10ClNO2. The first-order valence-corrected chi connectivity index (χ1v) is 5.20. The topological polar surface area (TPSA) is 37.4 Å². The number of para-hydroxylation sites is 1. The summed E-state index contributed by atoms with van der Waals surface area (Å²) in [6, 6.07) is 7.87. The zero-order valence-corrected chi connectivity index (χ0v) is 8.78. The Morgan fingerprint density at radius 2 is 2.27 bits per heavy atom. The van der Waals surface area contributed by atoms with Crippen LogP contribution in [0.25, 0.3) is 0 Å². The van der Waals surface area contributed by atoms with Crippen LogP contribution >= 0.6 is 11.6 Å². The van der Waals surface area contributed by atoms with Crippen LogP contribution in [0, 0.1) is 0 Å². The zero-order valence-electron chi connectivity index (χ0n) is 8.02.